The molecule has 0 fully saturated rings. The van der Waals surface area contributed by atoms with Gasteiger partial charge in [0, 0.05) is 24.9 Å². The smallest absolute Gasteiger partial charge is 0.264 e. The lowest BCUT2D eigenvalue weighted by Crippen LogP contribution is -2.53. The van der Waals surface area contributed by atoms with Crippen molar-refractivity contribution < 1.29 is 22.7 Å². The Morgan fingerprint density at radius 1 is 0.889 bits per heavy atom. The molecular weight excluding hydrogens is 607 g/mol. The Morgan fingerprint density at radius 3 is 2.13 bits per heavy atom. The first-order valence-electron chi connectivity index (χ1n) is 14.7. The van der Waals surface area contributed by atoms with E-state index < -0.39 is 28.5 Å². The molecule has 0 spiro atoms. The topological polar surface area (TPSA) is 96.0 Å². The predicted octanol–water partition coefficient (Wildman–Crippen LogP) is 5.70. The van der Waals surface area contributed by atoms with Crippen LogP contribution in [0.4, 0.5) is 5.69 Å². The van der Waals surface area contributed by atoms with Crippen molar-refractivity contribution in [3.8, 4) is 5.75 Å². The number of nitrogens with zero attached hydrogens (tertiary/aromatic N) is 2. The molecule has 0 saturated carbocycles. The van der Waals surface area contributed by atoms with Crippen molar-refractivity contribution in [2.45, 2.75) is 42.6 Å². The van der Waals surface area contributed by atoms with Crippen LogP contribution in [0.3, 0.4) is 0 Å². The minimum Gasteiger partial charge on any atom is -0.494 e. The fourth-order valence-electron chi connectivity index (χ4n) is 4.97. The second kappa shape index (κ2) is 15.6. The quantitative estimate of drug-likeness (QED) is 0.177. The highest BCUT2D eigenvalue weighted by atomic mass is 32.2. The van der Waals surface area contributed by atoms with Crippen molar-refractivity contribution in [2.75, 3.05) is 30.8 Å². The Morgan fingerprint density at radius 2 is 1.53 bits per heavy atom. The molecule has 0 aliphatic heterocycles. The molecule has 0 aliphatic carbocycles. The molecular formula is C35H39N3O5S2. The summed E-state index contributed by atoms with van der Waals surface area (Å²) in [5.74, 6) is -0.275. The second-order valence-corrected chi connectivity index (χ2v) is 13.1. The molecule has 0 radical (unpaired) electrons. The van der Waals surface area contributed by atoms with Gasteiger partial charge in [0.25, 0.3) is 10.0 Å². The lowest BCUT2D eigenvalue weighted by Gasteiger charge is -2.34. The molecule has 2 amide bonds. The van der Waals surface area contributed by atoms with E-state index in [9.17, 15) is 18.0 Å². The zero-order valence-electron chi connectivity index (χ0n) is 26.0. The van der Waals surface area contributed by atoms with Gasteiger partial charge in [0.2, 0.25) is 11.8 Å². The van der Waals surface area contributed by atoms with Crippen molar-refractivity contribution in [2.24, 2.45) is 0 Å². The zero-order chi connectivity index (χ0) is 32.4. The van der Waals surface area contributed by atoms with Gasteiger partial charge in [-0.1, -0.05) is 54.6 Å². The number of likely N-dealkylation sites (N-methyl/N-ethyl adjacent to an activating group) is 1. The third kappa shape index (κ3) is 8.46. The van der Waals surface area contributed by atoms with Gasteiger partial charge < -0.3 is 15.0 Å². The van der Waals surface area contributed by atoms with Gasteiger partial charge in [-0.15, -0.1) is 11.8 Å². The van der Waals surface area contributed by atoms with E-state index in [1.54, 1.807) is 48.5 Å². The average molecular weight is 646 g/mol. The Labute approximate surface area is 270 Å². The molecule has 0 unspecified atom stereocenters. The van der Waals surface area contributed by atoms with Gasteiger partial charge in [-0.2, -0.15) is 0 Å². The van der Waals surface area contributed by atoms with E-state index >= 15 is 0 Å². The second-order valence-electron chi connectivity index (χ2n) is 10.4. The van der Waals surface area contributed by atoms with Gasteiger partial charge in [0.05, 0.1) is 17.2 Å². The molecule has 1 atom stereocenters. The van der Waals surface area contributed by atoms with Crippen LogP contribution in [0.25, 0.3) is 0 Å². The van der Waals surface area contributed by atoms with Crippen LogP contribution in [0.2, 0.25) is 0 Å². The fraction of sp³-hybridized carbons (Fsp3) is 0.257. The summed E-state index contributed by atoms with van der Waals surface area (Å²) < 4.78 is 35.1. The molecule has 0 aliphatic rings. The van der Waals surface area contributed by atoms with Crippen LogP contribution in [0, 0.1) is 6.92 Å². The number of thioether (sulfide) groups is 1. The first-order valence-corrected chi connectivity index (χ1v) is 17.3. The molecule has 4 aromatic rings. The lowest BCUT2D eigenvalue weighted by molar-refractivity contribution is -0.139. The number of benzene rings is 4. The van der Waals surface area contributed by atoms with Crippen LogP contribution in [-0.2, 0) is 32.6 Å². The molecule has 8 nitrogen and oxygen atoms in total. The number of hydrogen-bond donors (Lipinski definition) is 1. The summed E-state index contributed by atoms with van der Waals surface area (Å²) in [7, 11) is -2.66. The SMILES string of the molecule is CCOc1ccc(N(CC(=O)N(Cc2ccccc2C)[C@@H](Cc2ccccc2)C(=O)NC)S(=O)(=O)c2ccc(SC)cc2)cc1. The molecule has 0 saturated heterocycles. The van der Waals surface area contributed by atoms with Crippen LogP contribution in [0.1, 0.15) is 23.6 Å². The third-order valence-corrected chi connectivity index (χ3v) is 10.0. The van der Waals surface area contributed by atoms with E-state index in [-0.39, 0.29) is 23.8 Å². The van der Waals surface area contributed by atoms with Gasteiger partial charge >= 0.3 is 0 Å². The van der Waals surface area contributed by atoms with Crippen molar-refractivity contribution in [1.82, 2.24) is 10.2 Å². The van der Waals surface area contributed by atoms with Crippen molar-refractivity contribution in [3.05, 3.63) is 120 Å². The average Bonchev–Trinajstić information content (AvgIpc) is 3.06. The van der Waals surface area contributed by atoms with Crippen molar-refractivity contribution in [3.63, 3.8) is 0 Å². The fourth-order valence-corrected chi connectivity index (χ4v) is 6.79. The van der Waals surface area contributed by atoms with Crippen molar-refractivity contribution >= 4 is 39.3 Å². The van der Waals surface area contributed by atoms with Gasteiger partial charge in [-0.05, 0) is 85.3 Å². The first-order chi connectivity index (χ1) is 21.7. The number of ether oxygens (including phenoxy) is 1. The maximum absolute atomic E-state index is 14.5. The number of hydrogen-bond acceptors (Lipinski definition) is 6. The normalized spacial score (nSPS) is 11.8. The monoisotopic (exact) mass is 645 g/mol. The molecule has 236 valence electrons. The van der Waals surface area contributed by atoms with Gasteiger partial charge in [0.15, 0.2) is 0 Å². The molecule has 0 aromatic heterocycles. The van der Waals surface area contributed by atoms with E-state index in [0.717, 1.165) is 25.9 Å². The van der Waals surface area contributed by atoms with Crippen LogP contribution in [0.15, 0.2) is 113 Å². The van der Waals surface area contributed by atoms with Crippen LogP contribution in [0.5, 0.6) is 5.75 Å². The van der Waals surface area contributed by atoms with Gasteiger partial charge in [-0.3, -0.25) is 13.9 Å². The number of nitrogens with one attached hydrogen (secondary N) is 1. The van der Waals surface area contributed by atoms with E-state index in [0.29, 0.717) is 18.0 Å². The standard InChI is InChI=1S/C35H39N3O5S2/c1-5-43-30-17-15-29(16-18-30)38(45(41,42)32-21-19-31(44-4)20-22-32)25-34(39)37(24-28-14-10-9-11-26(28)2)33(35(40)36-3)23-27-12-7-6-8-13-27/h6-22,33H,5,23-25H2,1-4H3,(H,36,40)/t33-/m0/s1. The summed E-state index contributed by atoms with van der Waals surface area (Å²) in [6.45, 7) is 3.87. The Balaban J connectivity index is 1.79. The van der Waals surface area contributed by atoms with Crippen LogP contribution >= 0.6 is 11.8 Å². The first kappa shape index (κ1) is 33.6. The lowest BCUT2D eigenvalue weighted by atomic mass is 10.0. The molecule has 10 heteroatoms. The molecule has 4 rings (SSSR count). The van der Waals surface area contributed by atoms with E-state index in [1.165, 1.54) is 23.7 Å². The van der Waals surface area contributed by atoms with E-state index in [2.05, 4.69) is 5.32 Å². The number of rotatable bonds is 14. The zero-order valence-corrected chi connectivity index (χ0v) is 27.6. The summed E-state index contributed by atoms with van der Waals surface area (Å²) in [5.41, 5.74) is 2.99. The van der Waals surface area contributed by atoms with Gasteiger partial charge in [0.1, 0.15) is 18.3 Å². The maximum atomic E-state index is 14.5. The summed E-state index contributed by atoms with van der Waals surface area (Å²) in [5, 5.41) is 2.71. The predicted molar refractivity (Wildman–Crippen MR) is 180 cm³/mol. The number of carbonyl (C=O) groups is 2. The van der Waals surface area contributed by atoms with Crippen LogP contribution < -0.4 is 14.4 Å². The molecule has 45 heavy (non-hydrogen) atoms. The van der Waals surface area contributed by atoms with Crippen LogP contribution in [-0.4, -0.2) is 57.6 Å². The molecule has 1 N–H and O–H groups in total. The summed E-state index contributed by atoms with van der Waals surface area (Å²) in [4.78, 5) is 30.3. The van der Waals surface area contributed by atoms with Gasteiger partial charge in [-0.25, -0.2) is 8.42 Å². The Bertz CT molecular complexity index is 1680. The summed E-state index contributed by atoms with van der Waals surface area (Å²) >= 11 is 1.50. The van der Waals surface area contributed by atoms with Crippen molar-refractivity contribution in [1.29, 1.82) is 0 Å². The minimum atomic E-state index is -4.19. The largest absolute Gasteiger partial charge is 0.494 e. The minimum absolute atomic E-state index is 0.0552. The molecule has 4 aromatic carbocycles. The third-order valence-electron chi connectivity index (χ3n) is 7.48. The van der Waals surface area contributed by atoms with E-state index in [1.807, 2.05) is 74.7 Å². The molecule has 0 bridgehead atoms. The Hall–Kier alpha value is -4.28. The summed E-state index contributed by atoms with van der Waals surface area (Å²) in [6.07, 6.45) is 2.17. The highest BCUT2D eigenvalue weighted by Crippen LogP contribution is 2.28. The Kier molecular flexibility index (Phi) is 11.7. The number of amides is 2. The highest BCUT2D eigenvalue weighted by Gasteiger charge is 2.34. The summed E-state index contributed by atoms with van der Waals surface area (Å²) in [6, 6.07) is 29.4. The molecule has 0 heterocycles. The highest BCUT2D eigenvalue weighted by molar-refractivity contribution is 7.98. The maximum Gasteiger partial charge on any atom is 0.264 e. The number of carbonyl (C=O) groups excluding carboxylic acids is 2. The number of anilines is 1. The number of aryl methyl sites for hydroxylation is 1. The van der Waals surface area contributed by atoms with E-state index in [4.69, 9.17) is 4.74 Å². The number of sulfonamides is 1.